The Morgan fingerprint density at radius 1 is 1.25 bits per heavy atom. The number of hydrogen-bond acceptors (Lipinski definition) is 3. The minimum absolute atomic E-state index is 0.201. The number of carbonyl (C=O) groups excluding carboxylic acids is 2. The summed E-state index contributed by atoms with van der Waals surface area (Å²) < 4.78 is 3.70. The topological polar surface area (TPSA) is 55.4 Å². The molecule has 4 nitrogen and oxygen atoms in total. The summed E-state index contributed by atoms with van der Waals surface area (Å²) in [5.41, 5.74) is 0.825. The van der Waals surface area contributed by atoms with E-state index < -0.39 is 16.0 Å². The second-order valence-electron chi connectivity index (χ2n) is 5.38. The van der Waals surface area contributed by atoms with Gasteiger partial charge in [-0.2, -0.15) is 0 Å². The lowest BCUT2D eigenvalue weighted by Gasteiger charge is -2.19. The predicted molar refractivity (Wildman–Crippen MR) is 80.5 cm³/mol. The molecule has 1 rings (SSSR count). The van der Waals surface area contributed by atoms with E-state index in [9.17, 15) is 9.59 Å². The van der Waals surface area contributed by atoms with Crippen LogP contribution in [0.25, 0.3) is 0 Å². The molecule has 0 aliphatic rings. The van der Waals surface area contributed by atoms with Crippen molar-refractivity contribution >= 4 is 41.3 Å². The summed E-state index contributed by atoms with van der Waals surface area (Å²) in [6.45, 7) is 5.36. The molecule has 0 radical (unpaired) electrons. The van der Waals surface area contributed by atoms with Crippen LogP contribution in [0.1, 0.15) is 26.3 Å². The number of nitrogens with one attached hydrogen (secondary N) is 1. The number of rotatable bonds is 4. The number of amides is 1. The van der Waals surface area contributed by atoms with Crippen molar-refractivity contribution in [3.8, 4) is 0 Å². The van der Waals surface area contributed by atoms with Gasteiger partial charge < -0.3 is 4.74 Å². The van der Waals surface area contributed by atoms with Crippen molar-refractivity contribution in [3.63, 3.8) is 0 Å². The summed E-state index contributed by atoms with van der Waals surface area (Å²) in [4.78, 5) is 22.2. The van der Waals surface area contributed by atoms with E-state index in [0.717, 1.165) is 5.56 Å². The molecule has 20 heavy (non-hydrogen) atoms. The highest BCUT2D eigenvalue weighted by Gasteiger charge is 2.23. The Bertz CT molecular complexity index is 478. The molecule has 0 saturated heterocycles. The monoisotopic (exact) mass is 317 g/mol. The molecule has 0 heterocycles. The molecular weight excluding hydrogens is 301 g/mol. The molecule has 6 heteroatoms. The molecule has 0 bridgehead atoms. The first-order valence-corrected chi connectivity index (χ1v) is 6.80. The molecule has 0 atom stereocenters. The average molecular weight is 318 g/mol. The van der Waals surface area contributed by atoms with Gasteiger partial charge in [0.05, 0.1) is 0 Å². The van der Waals surface area contributed by atoms with Gasteiger partial charge in [0.1, 0.15) is 5.60 Å². The zero-order valence-electron chi connectivity index (χ0n) is 11.6. The van der Waals surface area contributed by atoms with Crippen LogP contribution in [-0.2, 0) is 16.0 Å². The zero-order valence-corrected chi connectivity index (χ0v) is 13.1. The SMILES string of the molecule is CC(C)(C)OC(=O)Nc1ccc(CC(Cl)(Cl)C=O)cc1. The van der Waals surface area contributed by atoms with Crippen LogP contribution in [0.4, 0.5) is 10.5 Å². The first kappa shape index (κ1) is 16.8. The van der Waals surface area contributed by atoms with Crippen LogP contribution in [-0.4, -0.2) is 22.3 Å². The smallest absolute Gasteiger partial charge is 0.412 e. The maximum absolute atomic E-state index is 11.6. The molecule has 110 valence electrons. The second-order valence-corrected chi connectivity index (χ2v) is 6.92. The van der Waals surface area contributed by atoms with Crippen molar-refractivity contribution in [2.75, 3.05) is 5.32 Å². The van der Waals surface area contributed by atoms with E-state index in [4.69, 9.17) is 27.9 Å². The molecule has 0 unspecified atom stereocenters. The van der Waals surface area contributed by atoms with E-state index in [2.05, 4.69) is 5.32 Å². The van der Waals surface area contributed by atoms with Gasteiger partial charge in [-0.05, 0) is 38.5 Å². The molecule has 1 aromatic rings. The van der Waals surface area contributed by atoms with Crippen molar-refractivity contribution in [2.24, 2.45) is 0 Å². The molecule has 0 fully saturated rings. The number of anilines is 1. The zero-order chi connectivity index (χ0) is 15.4. The van der Waals surface area contributed by atoms with Crippen molar-refractivity contribution in [1.82, 2.24) is 0 Å². The molecule has 1 aromatic carbocycles. The first-order valence-electron chi connectivity index (χ1n) is 6.04. The van der Waals surface area contributed by atoms with E-state index >= 15 is 0 Å². The van der Waals surface area contributed by atoms with Crippen molar-refractivity contribution < 1.29 is 14.3 Å². The molecular formula is C14H17Cl2NO3. The van der Waals surface area contributed by atoms with Crippen LogP contribution in [0.15, 0.2) is 24.3 Å². The lowest BCUT2D eigenvalue weighted by Crippen LogP contribution is -2.27. The van der Waals surface area contributed by atoms with E-state index in [-0.39, 0.29) is 6.42 Å². The fourth-order valence-electron chi connectivity index (χ4n) is 1.44. The van der Waals surface area contributed by atoms with Crippen LogP contribution < -0.4 is 5.32 Å². The highest BCUT2D eigenvalue weighted by atomic mass is 35.5. The predicted octanol–water partition coefficient (Wildman–Crippen LogP) is 3.95. The van der Waals surface area contributed by atoms with Crippen LogP contribution >= 0.6 is 23.2 Å². The first-order chi connectivity index (χ1) is 9.11. The molecule has 1 N–H and O–H groups in total. The number of hydrogen-bond donors (Lipinski definition) is 1. The summed E-state index contributed by atoms with van der Waals surface area (Å²) in [6.07, 6.45) is 0.164. The lowest BCUT2D eigenvalue weighted by molar-refractivity contribution is -0.108. The maximum Gasteiger partial charge on any atom is 0.412 e. The number of ether oxygens (including phenoxy) is 1. The Hall–Kier alpha value is -1.26. The van der Waals surface area contributed by atoms with E-state index in [1.807, 2.05) is 0 Å². The summed E-state index contributed by atoms with van der Waals surface area (Å²) in [7, 11) is 0. The average Bonchev–Trinajstić information content (AvgIpc) is 2.29. The highest BCUT2D eigenvalue weighted by Crippen LogP contribution is 2.24. The summed E-state index contributed by atoms with van der Waals surface area (Å²) >= 11 is 11.5. The molecule has 0 spiro atoms. The number of aldehydes is 1. The van der Waals surface area contributed by atoms with Crippen molar-refractivity contribution in [2.45, 2.75) is 37.1 Å². The molecule has 0 saturated carbocycles. The third-order valence-corrected chi connectivity index (χ3v) is 2.66. The minimum Gasteiger partial charge on any atom is -0.444 e. The number of alkyl halides is 2. The quantitative estimate of drug-likeness (QED) is 0.675. The Labute approximate surface area is 128 Å². The highest BCUT2D eigenvalue weighted by molar-refractivity contribution is 6.55. The fourth-order valence-corrected chi connectivity index (χ4v) is 1.75. The minimum atomic E-state index is -1.43. The molecule has 0 aliphatic carbocycles. The van der Waals surface area contributed by atoms with Gasteiger partial charge in [0.2, 0.25) is 0 Å². The van der Waals surface area contributed by atoms with Gasteiger partial charge in [0.25, 0.3) is 0 Å². The third-order valence-electron chi connectivity index (χ3n) is 2.21. The molecule has 1 amide bonds. The van der Waals surface area contributed by atoms with Crippen molar-refractivity contribution in [1.29, 1.82) is 0 Å². The van der Waals surface area contributed by atoms with Gasteiger partial charge in [-0.15, -0.1) is 0 Å². The Kier molecular flexibility index (Phi) is 5.42. The third kappa shape index (κ3) is 6.26. The van der Waals surface area contributed by atoms with Gasteiger partial charge in [0.15, 0.2) is 10.6 Å². The van der Waals surface area contributed by atoms with E-state index in [1.165, 1.54) is 0 Å². The maximum atomic E-state index is 11.6. The molecule has 0 aliphatic heterocycles. The van der Waals surface area contributed by atoms with E-state index in [1.54, 1.807) is 45.0 Å². The van der Waals surface area contributed by atoms with Gasteiger partial charge in [-0.25, -0.2) is 4.79 Å². The fraction of sp³-hybridized carbons (Fsp3) is 0.429. The van der Waals surface area contributed by atoms with Gasteiger partial charge in [-0.1, -0.05) is 35.3 Å². The molecule has 0 aromatic heterocycles. The lowest BCUT2D eigenvalue weighted by atomic mass is 10.1. The van der Waals surface area contributed by atoms with Crippen LogP contribution in [0.3, 0.4) is 0 Å². The summed E-state index contributed by atoms with van der Waals surface area (Å²) in [6, 6.07) is 6.84. The van der Waals surface area contributed by atoms with Gasteiger partial charge >= 0.3 is 6.09 Å². The van der Waals surface area contributed by atoms with E-state index in [0.29, 0.717) is 12.0 Å². The number of halogens is 2. The number of benzene rings is 1. The standard InChI is InChI=1S/C14H17Cl2NO3/c1-13(2,3)20-12(19)17-11-6-4-10(5-7-11)8-14(15,16)9-18/h4-7,9H,8H2,1-3H3,(H,17,19). The Balaban J connectivity index is 2.63. The van der Waals surface area contributed by atoms with Crippen LogP contribution in [0, 0.1) is 0 Å². The van der Waals surface area contributed by atoms with Gasteiger partial charge in [-0.3, -0.25) is 10.1 Å². The van der Waals surface area contributed by atoms with Crippen LogP contribution in [0.2, 0.25) is 0 Å². The van der Waals surface area contributed by atoms with Crippen molar-refractivity contribution in [3.05, 3.63) is 29.8 Å². The number of carbonyl (C=O) groups is 2. The Morgan fingerprint density at radius 2 is 1.80 bits per heavy atom. The Morgan fingerprint density at radius 3 is 2.25 bits per heavy atom. The van der Waals surface area contributed by atoms with Crippen LogP contribution in [0.5, 0.6) is 0 Å². The largest absolute Gasteiger partial charge is 0.444 e. The second kappa shape index (κ2) is 6.46. The summed E-state index contributed by atoms with van der Waals surface area (Å²) in [5.74, 6) is 0. The van der Waals surface area contributed by atoms with Gasteiger partial charge in [0, 0.05) is 12.1 Å². The normalized spacial score (nSPS) is 11.8. The summed E-state index contributed by atoms with van der Waals surface area (Å²) in [5, 5.41) is 2.61.